The lowest BCUT2D eigenvalue weighted by molar-refractivity contribution is 0.0974. The van der Waals surface area contributed by atoms with Crippen LogP contribution < -0.4 is 0 Å². The number of aliphatic hydroxyl groups excluding tert-OH is 2. The second kappa shape index (κ2) is 8.82. The standard InChI is InChI=1S/C14H25N3O2/c1-3-5-7-9-14(19)13(11-18)17-10-12(15-16-17)8-6-4-2/h7,9-10,13-14,18-19H,3-6,8,11H2,1-2H3/b9-7+/t13-,14+/m0/s1. The molecule has 108 valence electrons. The molecule has 1 aromatic rings. The molecule has 0 aromatic carbocycles. The summed E-state index contributed by atoms with van der Waals surface area (Å²) in [5.74, 6) is 0. The van der Waals surface area contributed by atoms with Gasteiger partial charge in [-0.05, 0) is 19.3 Å². The van der Waals surface area contributed by atoms with E-state index in [1.807, 2.05) is 12.3 Å². The largest absolute Gasteiger partial charge is 0.394 e. The Hall–Kier alpha value is -1.20. The van der Waals surface area contributed by atoms with Crippen molar-refractivity contribution < 1.29 is 10.2 Å². The van der Waals surface area contributed by atoms with E-state index < -0.39 is 12.1 Å². The number of hydrogen-bond donors (Lipinski definition) is 2. The molecule has 0 radical (unpaired) electrons. The lowest BCUT2D eigenvalue weighted by Crippen LogP contribution is -2.26. The summed E-state index contributed by atoms with van der Waals surface area (Å²) in [6.07, 6.45) is 9.76. The van der Waals surface area contributed by atoms with E-state index in [1.54, 1.807) is 10.8 Å². The average Bonchev–Trinajstić information content (AvgIpc) is 2.86. The minimum absolute atomic E-state index is 0.159. The molecule has 0 spiro atoms. The Labute approximate surface area is 115 Å². The van der Waals surface area contributed by atoms with Crippen molar-refractivity contribution in [3.63, 3.8) is 0 Å². The van der Waals surface area contributed by atoms with Crippen LogP contribution in [-0.4, -0.2) is 37.9 Å². The first-order chi connectivity index (χ1) is 9.22. The average molecular weight is 267 g/mol. The van der Waals surface area contributed by atoms with E-state index in [1.165, 1.54) is 0 Å². The van der Waals surface area contributed by atoms with Crippen LogP contribution in [0.4, 0.5) is 0 Å². The Morgan fingerprint density at radius 1 is 1.37 bits per heavy atom. The van der Waals surface area contributed by atoms with Gasteiger partial charge in [-0.25, -0.2) is 4.68 Å². The fourth-order valence-electron chi connectivity index (χ4n) is 1.83. The molecule has 2 N–H and O–H groups in total. The van der Waals surface area contributed by atoms with E-state index in [-0.39, 0.29) is 6.61 Å². The van der Waals surface area contributed by atoms with Crippen LogP contribution in [0, 0.1) is 0 Å². The van der Waals surface area contributed by atoms with Gasteiger partial charge in [0.2, 0.25) is 0 Å². The Morgan fingerprint density at radius 2 is 2.16 bits per heavy atom. The maximum absolute atomic E-state index is 10.0. The van der Waals surface area contributed by atoms with Crippen LogP contribution in [0.15, 0.2) is 18.3 Å². The molecule has 19 heavy (non-hydrogen) atoms. The normalized spacial score (nSPS) is 14.9. The van der Waals surface area contributed by atoms with Gasteiger partial charge >= 0.3 is 0 Å². The Bertz CT molecular complexity index is 377. The summed E-state index contributed by atoms with van der Waals surface area (Å²) in [5.41, 5.74) is 0.907. The summed E-state index contributed by atoms with van der Waals surface area (Å²) in [6.45, 7) is 4.05. The first-order valence-electron chi connectivity index (χ1n) is 7.09. The minimum atomic E-state index is -0.739. The van der Waals surface area contributed by atoms with Gasteiger partial charge in [0.1, 0.15) is 6.04 Å². The molecule has 5 nitrogen and oxygen atoms in total. The third-order valence-corrected chi connectivity index (χ3v) is 3.05. The summed E-state index contributed by atoms with van der Waals surface area (Å²) >= 11 is 0. The summed E-state index contributed by atoms with van der Waals surface area (Å²) < 4.78 is 1.56. The van der Waals surface area contributed by atoms with Gasteiger partial charge in [-0.1, -0.05) is 44.1 Å². The fourth-order valence-corrected chi connectivity index (χ4v) is 1.83. The third-order valence-electron chi connectivity index (χ3n) is 3.05. The predicted octanol–water partition coefficient (Wildman–Crippen LogP) is 1.87. The maximum Gasteiger partial charge on any atom is 0.106 e. The number of aliphatic hydroxyl groups is 2. The zero-order valence-corrected chi connectivity index (χ0v) is 11.9. The monoisotopic (exact) mass is 267 g/mol. The molecule has 1 heterocycles. The van der Waals surface area contributed by atoms with Crippen molar-refractivity contribution in [2.45, 2.75) is 58.1 Å². The van der Waals surface area contributed by atoms with E-state index in [9.17, 15) is 10.2 Å². The van der Waals surface area contributed by atoms with Crippen molar-refractivity contribution in [3.05, 3.63) is 24.0 Å². The predicted molar refractivity (Wildman–Crippen MR) is 74.8 cm³/mol. The molecule has 2 atom stereocenters. The van der Waals surface area contributed by atoms with Gasteiger partial charge in [-0.3, -0.25) is 0 Å². The first kappa shape index (κ1) is 15.9. The van der Waals surface area contributed by atoms with Crippen molar-refractivity contribution in [2.24, 2.45) is 0 Å². The zero-order valence-electron chi connectivity index (χ0n) is 11.9. The van der Waals surface area contributed by atoms with Crippen molar-refractivity contribution in [1.29, 1.82) is 0 Å². The van der Waals surface area contributed by atoms with Gasteiger partial charge in [0, 0.05) is 6.20 Å². The van der Waals surface area contributed by atoms with E-state index in [0.29, 0.717) is 0 Å². The van der Waals surface area contributed by atoms with Crippen LogP contribution >= 0.6 is 0 Å². The van der Waals surface area contributed by atoms with Gasteiger partial charge in [0.05, 0.1) is 18.4 Å². The van der Waals surface area contributed by atoms with E-state index in [2.05, 4.69) is 24.2 Å². The van der Waals surface area contributed by atoms with Crippen LogP contribution in [-0.2, 0) is 6.42 Å². The maximum atomic E-state index is 10.0. The highest BCUT2D eigenvalue weighted by atomic mass is 16.3. The Morgan fingerprint density at radius 3 is 2.79 bits per heavy atom. The number of allylic oxidation sites excluding steroid dienone is 1. The molecule has 0 aliphatic rings. The van der Waals surface area contributed by atoms with E-state index >= 15 is 0 Å². The SMILES string of the molecule is CCC/C=C/[C@@H](O)[C@H](CO)n1cc(CCCC)nn1. The van der Waals surface area contributed by atoms with Crippen molar-refractivity contribution in [1.82, 2.24) is 15.0 Å². The molecular weight excluding hydrogens is 242 g/mol. The second-order valence-corrected chi connectivity index (χ2v) is 4.75. The minimum Gasteiger partial charge on any atom is -0.394 e. The zero-order chi connectivity index (χ0) is 14.1. The number of nitrogens with zero attached hydrogens (tertiary/aromatic N) is 3. The molecule has 0 amide bonds. The summed E-state index contributed by atoms with van der Waals surface area (Å²) in [4.78, 5) is 0. The molecule has 0 aliphatic heterocycles. The molecule has 1 aromatic heterocycles. The molecule has 0 saturated heterocycles. The second-order valence-electron chi connectivity index (χ2n) is 4.75. The van der Waals surface area contributed by atoms with Crippen LogP contribution in [0.2, 0.25) is 0 Å². The van der Waals surface area contributed by atoms with Gasteiger partial charge < -0.3 is 10.2 Å². The number of hydrogen-bond acceptors (Lipinski definition) is 4. The molecule has 1 rings (SSSR count). The van der Waals surface area contributed by atoms with Crippen molar-refractivity contribution in [3.8, 4) is 0 Å². The van der Waals surface area contributed by atoms with E-state index in [4.69, 9.17) is 0 Å². The van der Waals surface area contributed by atoms with Gasteiger partial charge in [-0.2, -0.15) is 0 Å². The molecule has 0 bridgehead atoms. The first-order valence-corrected chi connectivity index (χ1v) is 7.09. The lowest BCUT2D eigenvalue weighted by atomic mass is 10.1. The van der Waals surface area contributed by atoms with Crippen LogP contribution in [0.5, 0.6) is 0 Å². The Balaban J connectivity index is 2.65. The molecule has 0 unspecified atom stereocenters. The number of aryl methyl sites for hydroxylation is 1. The molecule has 5 heteroatoms. The summed E-state index contributed by atoms with van der Waals surface area (Å²) in [6, 6.07) is -0.462. The Kier molecular flexibility index (Phi) is 7.36. The van der Waals surface area contributed by atoms with Crippen LogP contribution in [0.3, 0.4) is 0 Å². The highest BCUT2D eigenvalue weighted by molar-refractivity contribution is 4.98. The molecule has 0 saturated carbocycles. The smallest absolute Gasteiger partial charge is 0.106 e. The number of rotatable bonds is 9. The van der Waals surface area contributed by atoms with Gasteiger partial charge in [0.25, 0.3) is 0 Å². The highest BCUT2D eigenvalue weighted by Crippen LogP contribution is 2.13. The third kappa shape index (κ3) is 5.12. The number of aromatic nitrogens is 3. The fraction of sp³-hybridized carbons (Fsp3) is 0.714. The van der Waals surface area contributed by atoms with Crippen LogP contribution in [0.1, 0.15) is 51.3 Å². The molecule has 0 fully saturated rings. The lowest BCUT2D eigenvalue weighted by Gasteiger charge is -2.17. The molecule has 0 aliphatic carbocycles. The number of unbranched alkanes of at least 4 members (excludes halogenated alkanes) is 2. The summed E-state index contributed by atoms with van der Waals surface area (Å²) in [7, 11) is 0. The van der Waals surface area contributed by atoms with Gasteiger partial charge in [-0.15, -0.1) is 5.10 Å². The van der Waals surface area contributed by atoms with E-state index in [0.717, 1.165) is 37.8 Å². The van der Waals surface area contributed by atoms with Crippen molar-refractivity contribution >= 4 is 0 Å². The quantitative estimate of drug-likeness (QED) is 0.670. The van der Waals surface area contributed by atoms with Crippen LogP contribution in [0.25, 0.3) is 0 Å². The molecular formula is C14H25N3O2. The summed E-state index contributed by atoms with van der Waals surface area (Å²) in [5, 5.41) is 27.5. The van der Waals surface area contributed by atoms with Gasteiger partial charge in [0.15, 0.2) is 0 Å². The topological polar surface area (TPSA) is 71.2 Å². The highest BCUT2D eigenvalue weighted by Gasteiger charge is 2.19. The van der Waals surface area contributed by atoms with Crippen molar-refractivity contribution in [2.75, 3.05) is 6.61 Å².